The standard InChI is InChI=1S/C14H20N2O3S/c1-14(6-2-5-11(14)15)13(19)16-9(8-12(17)18)10-4-3-7-20-10/h3-4,7,9,11H,2,5-6,8,15H2,1H3,(H,16,19)(H,17,18). The molecule has 1 aliphatic carbocycles. The fraction of sp³-hybridized carbons (Fsp3) is 0.571. The maximum Gasteiger partial charge on any atom is 0.305 e. The van der Waals surface area contributed by atoms with Gasteiger partial charge in [0.25, 0.3) is 0 Å². The highest BCUT2D eigenvalue weighted by atomic mass is 32.1. The Labute approximate surface area is 122 Å². The normalized spacial score (nSPS) is 27.2. The van der Waals surface area contributed by atoms with Gasteiger partial charge in [-0.2, -0.15) is 0 Å². The summed E-state index contributed by atoms with van der Waals surface area (Å²) < 4.78 is 0. The molecule has 1 fully saturated rings. The van der Waals surface area contributed by atoms with Gasteiger partial charge in [0.1, 0.15) is 0 Å². The molecular weight excluding hydrogens is 276 g/mol. The van der Waals surface area contributed by atoms with Crippen molar-refractivity contribution in [3.63, 3.8) is 0 Å². The first-order valence-electron chi connectivity index (χ1n) is 6.75. The Morgan fingerprint density at radius 1 is 1.65 bits per heavy atom. The molecule has 0 saturated heterocycles. The lowest BCUT2D eigenvalue weighted by atomic mass is 9.84. The Bertz CT molecular complexity index is 489. The molecule has 0 radical (unpaired) electrons. The van der Waals surface area contributed by atoms with Crippen molar-refractivity contribution in [3.8, 4) is 0 Å². The minimum Gasteiger partial charge on any atom is -0.481 e. The van der Waals surface area contributed by atoms with Crippen LogP contribution in [0.15, 0.2) is 17.5 Å². The van der Waals surface area contributed by atoms with E-state index in [9.17, 15) is 9.59 Å². The molecule has 1 saturated carbocycles. The van der Waals surface area contributed by atoms with E-state index in [0.29, 0.717) is 0 Å². The first-order valence-corrected chi connectivity index (χ1v) is 7.63. The van der Waals surface area contributed by atoms with E-state index in [1.165, 1.54) is 11.3 Å². The Kier molecular flexibility index (Phi) is 4.45. The molecule has 3 unspecified atom stereocenters. The van der Waals surface area contributed by atoms with Crippen molar-refractivity contribution in [3.05, 3.63) is 22.4 Å². The van der Waals surface area contributed by atoms with Crippen LogP contribution in [0, 0.1) is 5.41 Å². The molecule has 2 rings (SSSR count). The zero-order valence-electron chi connectivity index (χ0n) is 11.5. The monoisotopic (exact) mass is 296 g/mol. The molecule has 0 bridgehead atoms. The highest BCUT2D eigenvalue weighted by Crippen LogP contribution is 2.37. The van der Waals surface area contributed by atoms with Crippen molar-refractivity contribution in [2.24, 2.45) is 11.1 Å². The SMILES string of the molecule is CC1(C(=O)NC(CC(=O)O)c2cccs2)CCCC1N. The molecule has 1 aromatic rings. The van der Waals surface area contributed by atoms with Gasteiger partial charge in [0.05, 0.1) is 17.9 Å². The minimum absolute atomic E-state index is 0.114. The van der Waals surface area contributed by atoms with Crippen LogP contribution in [0.1, 0.15) is 43.5 Å². The van der Waals surface area contributed by atoms with Crippen LogP contribution in [-0.4, -0.2) is 23.0 Å². The van der Waals surface area contributed by atoms with E-state index in [-0.39, 0.29) is 18.4 Å². The number of hydrogen-bond acceptors (Lipinski definition) is 4. The van der Waals surface area contributed by atoms with Crippen LogP contribution in [0.3, 0.4) is 0 Å². The van der Waals surface area contributed by atoms with Crippen LogP contribution in [-0.2, 0) is 9.59 Å². The van der Waals surface area contributed by atoms with Gasteiger partial charge in [0.2, 0.25) is 5.91 Å². The predicted octanol–water partition coefficient (Wildman–Crippen LogP) is 1.90. The van der Waals surface area contributed by atoms with Crippen LogP contribution in [0.5, 0.6) is 0 Å². The molecule has 1 aromatic heterocycles. The molecule has 1 aliphatic rings. The van der Waals surface area contributed by atoms with Crippen molar-refractivity contribution in [1.29, 1.82) is 0 Å². The van der Waals surface area contributed by atoms with Gasteiger partial charge in [-0.3, -0.25) is 9.59 Å². The van der Waals surface area contributed by atoms with E-state index < -0.39 is 17.4 Å². The summed E-state index contributed by atoms with van der Waals surface area (Å²) >= 11 is 1.45. The summed E-state index contributed by atoms with van der Waals surface area (Å²) in [5.74, 6) is -1.06. The third-order valence-electron chi connectivity index (χ3n) is 4.12. The number of hydrogen-bond donors (Lipinski definition) is 3. The van der Waals surface area contributed by atoms with Crippen molar-refractivity contribution in [2.75, 3.05) is 0 Å². The number of carboxylic acid groups (broad SMARTS) is 1. The molecule has 0 aliphatic heterocycles. The molecule has 0 aromatic carbocycles. The van der Waals surface area contributed by atoms with Gasteiger partial charge < -0.3 is 16.2 Å². The largest absolute Gasteiger partial charge is 0.481 e. The molecule has 110 valence electrons. The second-order valence-electron chi connectivity index (χ2n) is 5.56. The van der Waals surface area contributed by atoms with E-state index in [1.807, 2.05) is 24.4 Å². The molecule has 1 amide bonds. The van der Waals surface area contributed by atoms with Gasteiger partial charge in [0, 0.05) is 10.9 Å². The summed E-state index contributed by atoms with van der Waals surface area (Å²) in [6.45, 7) is 1.87. The van der Waals surface area contributed by atoms with Crippen LogP contribution < -0.4 is 11.1 Å². The molecule has 0 spiro atoms. The van der Waals surface area contributed by atoms with E-state index in [4.69, 9.17) is 10.8 Å². The highest BCUT2D eigenvalue weighted by Gasteiger charge is 2.43. The third-order valence-corrected chi connectivity index (χ3v) is 5.11. The molecule has 1 heterocycles. The Morgan fingerprint density at radius 3 is 2.90 bits per heavy atom. The van der Waals surface area contributed by atoms with Crippen molar-refractivity contribution in [2.45, 2.75) is 44.7 Å². The first-order chi connectivity index (χ1) is 9.43. The lowest BCUT2D eigenvalue weighted by Gasteiger charge is -2.29. The summed E-state index contributed by atoms with van der Waals surface area (Å²) in [4.78, 5) is 24.3. The number of aliphatic carboxylic acids is 1. The number of carboxylic acids is 1. The van der Waals surface area contributed by atoms with Crippen molar-refractivity contribution < 1.29 is 14.7 Å². The fourth-order valence-electron chi connectivity index (χ4n) is 2.69. The zero-order valence-corrected chi connectivity index (χ0v) is 12.3. The first kappa shape index (κ1) is 15.0. The summed E-state index contributed by atoms with van der Waals surface area (Å²) in [6.07, 6.45) is 2.42. The molecule has 20 heavy (non-hydrogen) atoms. The Morgan fingerprint density at radius 2 is 2.40 bits per heavy atom. The average molecular weight is 296 g/mol. The molecule has 3 atom stereocenters. The van der Waals surface area contributed by atoms with Crippen LogP contribution in [0.4, 0.5) is 0 Å². The smallest absolute Gasteiger partial charge is 0.305 e. The van der Waals surface area contributed by atoms with Crippen LogP contribution in [0.2, 0.25) is 0 Å². The highest BCUT2D eigenvalue weighted by molar-refractivity contribution is 7.10. The number of thiophene rings is 1. The minimum atomic E-state index is -0.926. The predicted molar refractivity (Wildman–Crippen MR) is 77.4 cm³/mol. The third kappa shape index (κ3) is 3.02. The van der Waals surface area contributed by atoms with Crippen LogP contribution in [0.25, 0.3) is 0 Å². The number of nitrogens with one attached hydrogen (secondary N) is 1. The maximum atomic E-state index is 12.5. The lowest BCUT2D eigenvalue weighted by molar-refractivity contribution is -0.138. The maximum absolute atomic E-state index is 12.5. The van der Waals surface area contributed by atoms with Gasteiger partial charge in [-0.15, -0.1) is 11.3 Å². The molecular formula is C14H20N2O3S. The average Bonchev–Trinajstić information content (AvgIpc) is 3.00. The van der Waals surface area contributed by atoms with Gasteiger partial charge >= 0.3 is 5.97 Å². The molecule has 6 heteroatoms. The second kappa shape index (κ2) is 5.93. The topological polar surface area (TPSA) is 92.4 Å². The van der Waals surface area contributed by atoms with E-state index in [0.717, 1.165) is 24.1 Å². The second-order valence-corrected chi connectivity index (χ2v) is 6.53. The summed E-state index contributed by atoms with van der Waals surface area (Å²) in [6, 6.07) is 3.06. The van der Waals surface area contributed by atoms with Gasteiger partial charge in [-0.05, 0) is 31.2 Å². The van der Waals surface area contributed by atoms with E-state index in [2.05, 4.69) is 5.32 Å². The number of carbonyl (C=O) groups is 2. The van der Waals surface area contributed by atoms with Gasteiger partial charge in [-0.1, -0.05) is 12.5 Å². The van der Waals surface area contributed by atoms with Crippen LogP contribution >= 0.6 is 11.3 Å². The lowest BCUT2D eigenvalue weighted by Crippen LogP contribution is -2.48. The number of rotatable bonds is 5. The Hall–Kier alpha value is -1.40. The van der Waals surface area contributed by atoms with Gasteiger partial charge in [-0.25, -0.2) is 0 Å². The molecule has 5 nitrogen and oxygen atoms in total. The quantitative estimate of drug-likeness (QED) is 0.773. The Balaban J connectivity index is 2.11. The number of amides is 1. The molecule has 4 N–H and O–H groups in total. The van der Waals surface area contributed by atoms with Crippen molar-refractivity contribution in [1.82, 2.24) is 5.32 Å². The number of nitrogens with two attached hydrogens (primary N) is 1. The number of carbonyl (C=O) groups excluding carboxylic acids is 1. The van der Waals surface area contributed by atoms with E-state index in [1.54, 1.807) is 0 Å². The van der Waals surface area contributed by atoms with Crippen molar-refractivity contribution >= 4 is 23.2 Å². The fourth-order valence-corrected chi connectivity index (χ4v) is 3.46. The van der Waals surface area contributed by atoms with Gasteiger partial charge in [0.15, 0.2) is 0 Å². The summed E-state index contributed by atoms with van der Waals surface area (Å²) in [5.41, 5.74) is 5.45. The van der Waals surface area contributed by atoms with E-state index >= 15 is 0 Å². The zero-order chi connectivity index (χ0) is 14.8. The summed E-state index contributed by atoms with van der Waals surface area (Å²) in [5, 5.41) is 13.8. The summed E-state index contributed by atoms with van der Waals surface area (Å²) in [7, 11) is 0.